The topological polar surface area (TPSA) is 82.8 Å². The highest BCUT2D eigenvalue weighted by Crippen LogP contribution is 2.31. The van der Waals surface area contributed by atoms with Crippen molar-refractivity contribution < 1.29 is 23.8 Å². The second-order valence-corrected chi connectivity index (χ2v) is 9.63. The van der Waals surface area contributed by atoms with E-state index >= 15 is 0 Å². The van der Waals surface area contributed by atoms with Crippen LogP contribution in [0.1, 0.15) is 63.2 Å². The second-order valence-electron chi connectivity index (χ2n) is 9.63. The number of hydrogen-bond donors (Lipinski definition) is 2. The highest BCUT2D eigenvalue weighted by Gasteiger charge is 2.26. The molecule has 6 nitrogen and oxygen atoms in total. The summed E-state index contributed by atoms with van der Waals surface area (Å²) in [5.74, 6) is -0.0202. The number of aromatic nitrogens is 1. The molecule has 2 aromatic carbocycles. The van der Waals surface area contributed by atoms with E-state index in [0.717, 1.165) is 23.4 Å². The number of alkyl halides is 2. The molecular formula is C28H32F2N2O4. The van der Waals surface area contributed by atoms with Crippen LogP contribution < -0.4 is 5.56 Å². The summed E-state index contributed by atoms with van der Waals surface area (Å²) >= 11 is 0. The number of rotatable bonds is 10. The molecule has 2 N–H and O–H groups in total. The lowest BCUT2D eigenvalue weighted by molar-refractivity contribution is 0.0597. The maximum absolute atomic E-state index is 13.1. The van der Waals surface area contributed by atoms with Gasteiger partial charge in [-0.25, -0.2) is 4.79 Å². The van der Waals surface area contributed by atoms with Crippen molar-refractivity contribution >= 4 is 6.09 Å². The largest absolute Gasteiger partial charge is 0.465 e. The van der Waals surface area contributed by atoms with Gasteiger partial charge >= 0.3 is 12.6 Å². The smallest absolute Gasteiger partial charge is 0.407 e. The van der Waals surface area contributed by atoms with Crippen molar-refractivity contribution in [2.24, 2.45) is 0 Å². The summed E-state index contributed by atoms with van der Waals surface area (Å²) in [6.07, 6.45) is 1.10. The minimum atomic E-state index is -2.93. The number of benzene rings is 2. The van der Waals surface area contributed by atoms with Gasteiger partial charge in [0, 0.05) is 18.8 Å². The van der Waals surface area contributed by atoms with Gasteiger partial charge in [0.15, 0.2) is 0 Å². The number of pyridine rings is 1. The number of aliphatic hydroxyl groups is 1. The van der Waals surface area contributed by atoms with Crippen LogP contribution in [0.15, 0.2) is 77.7 Å². The van der Waals surface area contributed by atoms with Crippen LogP contribution in [0.25, 0.3) is 11.1 Å². The van der Waals surface area contributed by atoms with Crippen LogP contribution in [0.2, 0.25) is 0 Å². The molecule has 192 valence electrons. The first-order valence-electron chi connectivity index (χ1n) is 11.8. The Balaban J connectivity index is 1.78. The first-order chi connectivity index (χ1) is 17.0. The number of carbonyl (C=O) groups is 1. The van der Waals surface area contributed by atoms with Crippen molar-refractivity contribution in [3.8, 4) is 11.1 Å². The van der Waals surface area contributed by atoms with Crippen LogP contribution in [0.3, 0.4) is 0 Å². The van der Waals surface area contributed by atoms with Gasteiger partial charge in [-0.1, -0.05) is 54.6 Å². The standard InChI is InChI=1S/C28H32F2N2O4/c1-19(20-9-11-22(12-10-20)24-13-14-25(33)32(18-24)26(29)30)31(27(34)35)16-15-23(17-28(2,3)36)21-7-5-4-6-8-21/h4-14,18-19,23,26,36H,15-17H2,1-3H3,(H,34,35)/t19-,23+/m0/s1. The molecule has 0 radical (unpaired) electrons. The molecular weight excluding hydrogens is 466 g/mol. The minimum absolute atomic E-state index is 0.0202. The van der Waals surface area contributed by atoms with Gasteiger partial charge in [0.1, 0.15) is 0 Å². The molecule has 0 saturated heterocycles. The van der Waals surface area contributed by atoms with Crippen LogP contribution in [0.5, 0.6) is 0 Å². The highest BCUT2D eigenvalue weighted by atomic mass is 19.3. The van der Waals surface area contributed by atoms with Crippen molar-refractivity contribution in [3.05, 3.63) is 94.4 Å². The third-order valence-electron chi connectivity index (χ3n) is 6.32. The Bertz CT molecular complexity index is 1200. The summed E-state index contributed by atoms with van der Waals surface area (Å²) in [4.78, 5) is 25.1. The number of halogens is 2. The van der Waals surface area contributed by atoms with Crippen molar-refractivity contribution in [1.29, 1.82) is 0 Å². The molecule has 0 fully saturated rings. The maximum atomic E-state index is 13.1. The Morgan fingerprint density at radius 3 is 2.14 bits per heavy atom. The predicted octanol–water partition coefficient (Wildman–Crippen LogP) is 6.29. The van der Waals surface area contributed by atoms with Crippen LogP contribution in [0.4, 0.5) is 13.6 Å². The molecule has 0 aliphatic rings. The molecule has 0 bridgehead atoms. The van der Waals surface area contributed by atoms with Crippen molar-refractivity contribution in [1.82, 2.24) is 9.47 Å². The number of amides is 1. The molecule has 0 spiro atoms. The second kappa shape index (κ2) is 11.5. The van der Waals surface area contributed by atoms with Crippen LogP contribution in [0, 0.1) is 0 Å². The van der Waals surface area contributed by atoms with E-state index in [1.54, 1.807) is 45.0 Å². The van der Waals surface area contributed by atoms with Gasteiger partial charge in [-0.05, 0) is 67.9 Å². The molecule has 0 saturated carbocycles. The summed E-state index contributed by atoms with van der Waals surface area (Å²) in [7, 11) is 0. The summed E-state index contributed by atoms with van der Waals surface area (Å²) in [5.41, 5.74) is 1.21. The van der Waals surface area contributed by atoms with E-state index < -0.39 is 29.8 Å². The van der Waals surface area contributed by atoms with Crippen molar-refractivity contribution in [2.45, 2.75) is 57.7 Å². The Labute approximate surface area is 209 Å². The molecule has 0 unspecified atom stereocenters. The average molecular weight is 499 g/mol. The number of carboxylic acid groups (broad SMARTS) is 1. The monoisotopic (exact) mass is 498 g/mol. The summed E-state index contributed by atoms with van der Waals surface area (Å²) in [5, 5.41) is 20.3. The molecule has 0 aliphatic carbocycles. The predicted molar refractivity (Wildman–Crippen MR) is 135 cm³/mol. The Morgan fingerprint density at radius 1 is 0.972 bits per heavy atom. The van der Waals surface area contributed by atoms with Gasteiger partial charge in [-0.2, -0.15) is 8.78 Å². The van der Waals surface area contributed by atoms with Gasteiger partial charge < -0.3 is 15.1 Å². The number of hydrogen-bond acceptors (Lipinski definition) is 3. The lowest BCUT2D eigenvalue weighted by Crippen LogP contribution is -2.34. The maximum Gasteiger partial charge on any atom is 0.407 e. The van der Waals surface area contributed by atoms with Gasteiger partial charge in [0.2, 0.25) is 0 Å². The lowest BCUT2D eigenvalue weighted by Gasteiger charge is -2.31. The van der Waals surface area contributed by atoms with Gasteiger partial charge in [0.25, 0.3) is 5.56 Å². The fourth-order valence-electron chi connectivity index (χ4n) is 4.43. The van der Waals surface area contributed by atoms with Gasteiger partial charge in [-0.15, -0.1) is 0 Å². The molecule has 3 aromatic rings. The molecule has 1 heterocycles. The molecule has 0 aliphatic heterocycles. The normalized spacial score (nSPS) is 13.4. The van der Waals surface area contributed by atoms with Crippen molar-refractivity contribution in [2.75, 3.05) is 6.54 Å². The summed E-state index contributed by atoms with van der Waals surface area (Å²) in [6.45, 7) is 2.63. The Kier molecular flexibility index (Phi) is 8.63. The first kappa shape index (κ1) is 27.1. The average Bonchev–Trinajstić information content (AvgIpc) is 2.83. The van der Waals surface area contributed by atoms with Crippen LogP contribution in [-0.2, 0) is 0 Å². The van der Waals surface area contributed by atoms with E-state index in [1.165, 1.54) is 11.0 Å². The van der Waals surface area contributed by atoms with Crippen LogP contribution >= 0.6 is 0 Å². The third kappa shape index (κ3) is 7.01. The zero-order chi connectivity index (χ0) is 26.5. The molecule has 1 aromatic heterocycles. The van der Waals surface area contributed by atoms with Gasteiger partial charge in [-0.3, -0.25) is 9.36 Å². The summed E-state index contributed by atoms with van der Waals surface area (Å²) < 4.78 is 26.5. The number of nitrogens with zero attached hydrogens (tertiary/aromatic N) is 2. The van der Waals surface area contributed by atoms with E-state index in [9.17, 15) is 28.6 Å². The zero-order valence-electron chi connectivity index (χ0n) is 20.6. The quantitative estimate of drug-likeness (QED) is 0.344. The van der Waals surface area contributed by atoms with E-state index in [1.807, 2.05) is 30.3 Å². The summed E-state index contributed by atoms with van der Waals surface area (Å²) in [6, 6.07) is 18.9. The Hall–Kier alpha value is -3.52. The van der Waals surface area contributed by atoms with E-state index in [0.29, 0.717) is 28.5 Å². The van der Waals surface area contributed by atoms with Gasteiger partial charge in [0.05, 0.1) is 11.6 Å². The fraction of sp³-hybridized carbons (Fsp3) is 0.357. The van der Waals surface area contributed by atoms with E-state index in [2.05, 4.69) is 0 Å². The highest BCUT2D eigenvalue weighted by molar-refractivity contribution is 5.66. The molecule has 3 rings (SSSR count). The SMILES string of the molecule is C[C@@H](c1ccc(-c2ccc(=O)n(C(F)F)c2)cc1)N(CC[C@H](CC(C)(C)O)c1ccccc1)C(=O)O. The minimum Gasteiger partial charge on any atom is -0.465 e. The molecule has 36 heavy (non-hydrogen) atoms. The van der Waals surface area contributed by atoms with Crippen LogP contribution in [-0.4, -0.2) is 37.9 Å². The fourth-order valence-corrected chi connectivity index (χ4v) is 4.43. The third-order valence-corrected chi connectivity index (χ3v) is 6.32. The molecule has 1 amide bonds. The lowest BCUT2D eigenvalue weighted by atomic mass is 9.85. The van der Waals surface area contributed by atoms with Crippen molar-refractivity contribution in [3.63, 3.8) is 0 Å². The zero-order valence-corrected chi connectivity index (χ0v) is 20.6. The van der Waals surface area contributed by atoms with E-state index in [4.69, 9.17) is 0 Å². The van der Waals surface area contributed by atoms with E-state index in [-0.39, 0.29) is 12.5 Å². The molecule has 2 atom stereocenters. The molecule has 8 heteroatoms. The first-order valence-corrected chi connectivity index (χ1v) is 11.8. The Morgan fingerprint density at radius 2 is 1.58 bits per heavy atom.